The van der Waals surface area contributed by atoms with Crippen molar-refractivity contribution in [2.75, 3.05) is 13.1 Å². The summed E-state index contributed by atoms with van der Waals surface area (Å²) in [7, 11) is 1.97. The fraction of sp³-hybridized carbons (Fsp3) is 0.471. The molecule has 3 nitrogen and oxygen atoms in total. The van der Waals surface area contributed by atoms with Crippen LogP contribution in [-0.4, -0.2) is 22.9 Å². The zero-order valence-corrected chi connectivity index (χ0v) is 14.6. The molecular weight excluding hydrogens is 326 g/mol. The highest BCUT2D eigenvalue weighted by atomic mass is 79.9. The molecule has 1 heterocycles. The predicted molar refractivity (Wildman–Crippen MR) is 91.5 cm³/mol. The van der Waals surface area contributed by atoms with Gasteiger partial charge >= 0.3 is 0 Å². The number of hydrogen-bond donors (Lipinski definition) is 1. The largest absolute Gasteiger partial charge is 0.316 e. The smallest absolute Gasteiger partial charge is 0.0631 e. The second-order valence-electron chi connectivity index (χ2n) is 5.96. The van der Waals surface area contributed by atoms with Crippen LogP contribution in [0.5, 0.6) is 0 Å². The molecular formula is C17H24BrN3. The third-order valence-corrected chi connectivity index (χ3v) is 4.23. The molecule has 1 N–H and O–H groups in total. The van der Waals surface area contributed by atoms with Crippen molar-refractivity contribution in [1.29, 1.82) is 0 Å². The number of rotatable bonds is 7. The maximum atomic E-state index is 4.52. The molecule has 0 aliphatic heterocycles. The van der Waals surface area contributed by atoms with E-state index in [1.165, 1.54) is 10.0 Å². The molecule has 0 amide bonds. The number of hydrogen-bond acceptors (Lipinski definition) is 2. The number of benzene rings is 1. The molecule has 0 saturated carbocycles. The number of nitrogens with one attached hydrogen (secondary N) is 1. The minimum absolute atomic E-state index is 0.425. The summed E-state index contributed by atoms with van der Waals surface area (Å²) in [6.45, 7) is 6.49. The molecule has 1 atom stereocenters. The van der Waals surface area contributed by atoms with E-state index in [-0.39, 0.29) is 0 Å². The van der Waals surface area contributed by atoms with Gasteiger partial charge in [0.15, 0.2) is 0 Å². The lowest BCUT2D eigenvalue weighted by atomic mass is 9.94. The van der Waals surface area contributed by atoms with E-state index in [9.17, 15) is 0 Å². The second-order valence-corrected chi connectivity index (χ2v) is 6.81. The van der Waals surface area contributed by atoms with E-state index in [4.69, 9.17) is 0 Å². The molecule has 2 aromatic rings. The Hall–Kier alpha value is -1.13. The average Bonchev–Trinajstić information content (AvgIpc) is 2.83. The van der Waals surface area contributed by atoms with Gasteiger partial charge in [-0.1, -0.05) is 48.0 Å². The molecule has 0 aliphatic rings. The van der Waals surface area contributed by atoms with Crippen molar-refractivity contribution in [2.24, 2.45) is 13.0 Å². The van der Waals surface area contributed by atoms with Crippen molar-refractivity contribution in [3.63, 3.8) is 0 Å². The van der Waals surface area contributed by atoms with Crippen LogP contribution < -0.4 is 5.32 Å². The van der Waals surface area contributed by atoms with E-state index in [2.05, 4.69) is 70.5 Å². The van der Waals surface area contributed by atoms with Gasteiger partial charge < -0.3 is 5.32 Å². The lowest BCUT2D eigenvalue weighted by Gasteiger charge is -2.19. The molecule has 1 aromatic carbocycles. The molecule has 1 unspecified atom stereocenters. The van der Waals surface area contributed by atoms with Gasteiger partial charge in [-0.2, -0.15) is 5.10 Å². The standard InChI is InChI=1S/C17H24BrN3/c1-13(2)11-19-12-14(10-15-8-9-21(3)20-15)16-6-4-5-7-17(16)18/h4-9,13-14,19H,10-12H2,1-3H3. The van der Waals surface area contributed by atoms with E-state index < -0.39 is 0 Å². The Balaban J connectivity index is 2.12. The molecule has 0 aliphatic carbocycles. The minimum Gasteiger partial charge on any atom is -0.316 e. The first-order valence-corrected chi connectivity index (χ1v) is 8.29. The molecule has 0 spiro atoms. The first-order chi connectivity index (χ1) is 10.1. The van der Waals surface area contributed by atoms with Gasteiger partial charge in [0.05, 0.1) is 5.69 Å². The molecule has 0 bridgehead atoms. The summed E-state index contributed by atoms with van der Waals surface area (Å²) in [5.74, 6) is 1.09. The molecule has 0 fully saturated rings. The van der Waals surface area contributed by atoms with Crippen molar-refractivity contribution in [2.45, 2.75) is 26.2 Å². The minimum atomic E-state index is 0.425. The lowest BCUT2D eigenvalue weighted by molar-refractivity contribution is 0.510. The van der Waals surface area contributed by atoms with Crippen LogP contribution in [0.25, 0.3) is 0 Å². The molecule has 4 heteroatoms. The Morgan fingerprint density at radius 2 is 1.95 bits per heavy atom. The summed E-state index contributed by atoms with van der Waals surface area (Å²) in [6.07, 6.45) is 2.96. The third-order valence-electron chi connectivity index (χ3n) is 3.51. The number of nitrogens with zero attached hydrogens (tertiary/aromatic N) is 2. The van der Waals surface area contributed by atoms with Crippen LogP contribution in [0, 0.1) is 5.92 Å². The van der Waals surface area contributed by atoms with Crippen molar-refractivity contribution in [3.05, 3.63) is 52.3 Å². The van der Waals surface area contributed by atoms with Gasteiger partial charge in [-0.15, -0.1) is 0 Å². The van der Waals surface area contributed by atoms with Crippen molar-refractivity contribution in [1.82, 2.24) is 15.1 Å². The van der Waals surface area contributed by atoms with Gasteiger partial charge in [-0.3, -0.25) is 4.68 Å². The van der Waals surface area contributed by atoms with Crippen LogP contribution in [0.15, 0.2) is 41.0 Å². The fourth-order valence-electron chi connectivity index (χ4n) is 2.47. The summed E-state index contributed by atoms with van der Waals surface area (Å²) in [6, 6.07) is 10.6. The number of halogens is 1. The molecule has 0 saturated heterocycles. The summed E-state index contributed by atoms with van der Waals surface area (Å²) in [5, 5.41) is 8.10. The molecule has 114 valence electrons. The predicted octanol–water partition coefficient (Wildman–Crippen LogP) is 3.75. The second kappa shape index (κ2) is 7.76. The maximum Gasteiger partial charge on any atom is 0.0631 e. The Bertz CT molecular complexity index is 563. The number of aryl methyl sites for hydroxylation is 1. The lowest BCUT2D eigenvalue weighted by Crippen LogP contribution is -2.26. The average molecular weight is 350 g/mol. The highest BCUT2D eigenvalue weighted by Gasteiger charge is 2.16. The Kier molecular flexibility index (Phi) is 6.00. The topological polar surface area (TPSA) is 29.9 Å². The fourth-order valence-corrected chi connectivity index (χ4v) is 3.08. The molecule has 1 aromatic heterocycles. The summed E-state index contributed by atoms with van der Waals surface area (Å²) in [5.41, 5.74) is 2.49. The van der Waals surface area contributed by atoms with E-state index >= 15 is 0 Å². The van der Waals surface area contributed by atoms with Gasteiger partial charge in [0.1, 0.15) is 0 Å². The van der Waals surface area contributed by atoms with Crippen LogP contribution in [0.1, 0.15) is 31.0 Å². The van der Waals surface area contributed by atoms with Crippen molar-refractivity contribution < 1.29 is 0 Å². The molecule has 21 heavy (non-hydrogen) atoms. The van der Waals surface area contributed by atoms with Crippen LogP contribution in [0.2, 0.25) is 0 Å². The first kappa shape index (κ1) is 16.2. The van der Waals surface area contributed by atoms with Gasteiger partial charge in [-0.25, -0.2) is 0 Å². The highest BCUT2D eigenvalue weighted by Crippen LogP contribution is 2.27. The van der Waals surface area contributed by atoms with Crippen molar-refractivity contribution >= 4 is 15.9 Å². The monoisotopic (exact) mass is 349 g/mol. The van der Waals surface area contributed by atoms with Gasteiger partial charge in [0, 0.05) is 30.2 Å². The van der Waals surface area contributed by atoms with Gasteiger partial charge in [-0.05, 0) is 36.6 Å². The first-order valence-electron chi connectivity index (χ1n) is 7.50. The van der Waals surface area contributed by atoms with Crippen LogP contribution >= 0.6 is 15.9 Å². The molecule has 2 rings (SSSR count). The van der Waals surface area contributed by atoms with Crippen LogP contribution in [0.4, 0.5) is 0 Å². The molecule has 0 radical (unpaired) electrons. The van der Waals surface area contributed by atoms with E-state index in [1.807, 2.05) is 17.9 Å². The van der Waals surface area contributed by atoms with E-state index in [0.29, 0.717) is 11.8 Å². The Morgan fingerprint density at radius 3 is 2.57 bits per heavy atom. The van der Waals surface area contributed by atoms with Crippen molar-refractivity contribution in [3.8, 4) is 0 Å². The number of aromatic nitrogens is 2. The SMILES string of the molecule is CC(C)CNCC(Cc1ccn(C)n1)c1ccccc1Br. The van der Waals surface area contributed by atoms with Gasteiger partial charge in [0.25, 0.3) is 0 Å². The highest BCUT2D eigenvalue weighted by molar-refractivity contribution is 9.10. The Labute approximate surface area is 135 Å². The summed E-state index contributed by atoms with van der Waals surface area (Å²) in [4.78, 5) is 0. The van der Waals surface area contributed by atoms with Crippen LogP contribution in [0.3, 0.4) is 0 Å². The van der Waals surface area contributed by atoms with Crippen LogP contribution in [-0.2, 0) is 13.5 Å². The maximum absolute atomic E-state index is 4.52. The third kappa shape index (κ3) is 4.97. The van der Waals surface area contributed by atoms with E-state index in [1.54, 1.807) is 0 Å². The van der Waals surface area contributed by atoms with Gasteiger partial charge in [0.2, 0.25) is 0 Å². The zero-order chi connectivity index (χ0) is 15.2. The summed E-state index contributed by atoms with van der Waals surface area (Å²) >= 11 is 3.68. The summed E-state index contributed by atoms with van der Waals surface area (Å²) < 4.78 is 3.05. The normalized spacial score (nSPS) is 12.8. The quantitative estimate of drug-likeness (QED) is 0.824. The zero-order valence-electron chi connectivity index (χ0n) is 13.0. The van der Waals surface area contributed by atoms with E-state index in [0.717, 1.165) is 25.2 Å². The Morgan fingerprint density at radius 1 is 1.19 bits per heavy atom.